The summed E-state index contributed by atoms with van der Waals surface area (Å²) in [4.78, 5) is 13.4. The van der Waals surface area contributed by atoms with Crippen LogP contribution in [0.1, 0.15) is 13.8 Å². The highest BCUT2D eigenvalue weighted by molar-refractivity contribution is 5.89. The van der Waals surface area contributed by atoms with E-state index in [9.17, 15) is 13.6 Å². The van der Waals surface area contributed by atoms with E-state index in [1.54, 1.807) is 4.90 Å². The van der Waals surface area contributed by atoms with E-state index in [0.29, 0.717) is 18.8 Å². The van der Waals surface area contributed by atoms with E-state index in [2.05, 4.69) is 14.8 Å². The van der Waals surface area contributed by atoms with E-state index in [4.69, 9.17) is 0 Å². The van der Waals surface area contributed by atoms with Crippen molar-refractivity contribution in [2.24, 2.45) is 0 Å². The standard InChI is InChI=1S/C12H14F2N2O3/c1-3-16(4-2)11(17)15-8-5-6-9-10(7-8)19-12(13,14)18-9/h5-7H,3-4H2,1-2H3,(H,15,17). The number of halogens is 2. The fraction of sp³-hybridized carbons (Fsp3) is 0.417. The molecule has 0 spiro atoms. The number of alkyl halides is 2. The van der Waals surface area contributed by atoms with Crippen LogP contribution in [0.4, 0.5) is 19.3 Å². The second-order valence-corrected chi connectivity index (χ2v) is 3.93. The first kappa shape index (κ1) is 13.4. The summed E-state index contributed by atoms with van der Waals surface area (Å²) in [6, 6.07) is 3.81. The number of amides is 2. The second kappa shape index (κ2) is 4.91. The predicted octanol–water partition coefficient (Wildman–Crippen LogP) is 2.88. The van der Waals surface area contributed by atoms with Gasteiger partial charge in [-0.3, -0.25) is 0 Å². The van der Waals surface area contributed by atoms with E-state index >= 15 is 0 Å². The summed E-state index contributed by atoms with van der Waals surface area (Å²) in [5, 5.41) is 2.61. The van der Waals surface area contributed by atoms with Gasteiger partial charge in [0.15, 0.2) is 11.5 Å². The van der Waals surface area contributed by atoms with Gasteiger partial charge in [0, 0.05) is 24.8 Å². The maximum atomic E-state index is 12.8. The molecule has 0 radical (unpaired) electrons. The summed E-state index contributed by atoms with van der Waals surface area (Å²) in [5.41, 5.74) is 0.372. The highest BCUT2D eigenvalue weighted by Gasteiger charge is 2.43. The number of carbonyl (C=O) groups is 1. The van der Waals surface area contributed by atoms with Crippen molar-refractivity contribution < 1.29 is 23.0 Å². The van der Waals surface area contributed by atoms with Gasteiger partial charge in [-0.1, -0.05) is 0 Å². The molecule has 1 aliphatic heterocycles. The Balaban J connectivity index is 2.10. The molecule has 0 unspecified atom stereocenters. The molecule has 19 heavy (non-hydrogen) atoms. The molecule has 0 fully saturated rings. The number of hydrogen-bond donors (Lipinski definition) is 1. The van der Waals surface area contributed by atoms with Crippen molar-refractivity contribution in [2.45, 2.75) is 20.1 Å². The Morgan fingerprint density at radius 2 is 1.89 bits per heavy atom. The number of nitrogens with zero attached hydrogens (tertiary/aromatic N) is 1. The zero-order chi connectivity index (χ0) is 14.0. The largest absolute Gasteiger partial charge is 0.586 e. The van der Waals surface area contributed by atoms with Gasteiger partial charge in [0.1, 0.15) is 0 Å². The molecule has 0 aliphatic carbocycles. The van der Waals surface area contributed by atoms with E-state index < -0.39 is 6.29 Å². The van der Waals surface area contributed by atoms with Crippen molar-refractivity contribution in [3.8, 4) is 11.5 Å². The molecule has 0 atom stereocenters. The number of urea groups is 1. The van der Waals surface area contributed by atoms with Crippen LogP contribution in [-0.4, -0.2) is 30.3 Å². The number of benzene rings is 1. The Labute approximate surface area is 109 Å². The SMILES string of the molecule is CCN(CC)C(=O)Nc1ccc2c(c1)OC(F)(F)O2. The Kier molecular flexibility index (Phi) is 3.46. The van der Waals surface area contributed by atoms with Crippen LogP contribution in [0.3, 0.4) is 0 Å². The van der Waals surface area contributed by atoms with Crippen molar-refractivity contribution in [3.63, 3.8) is 0 Å². The van der Waals surface area contributed by atoms with Gasteiger partial charge in [-0.25, -0.2) is 4.79 Å². The number of carbonyl (C=O) groups excluding carboxylic acids is 1. The number of rotatable bonds is 3. The van der Waals surface area contributed by atoms with Crippen molar-refractivity contribution in [1.29, 1.82) is 0 Å². The molecule has 1 aromatic carbocycles. The average Bonchev–Trinajstić information content (AvgIpc) is 2.63. The number of nitrogens with one attached hydrogen (secondary N) is 1. The summed E-state index contributed by atoms with van der Waals surface area (Å²) in [7, 11) is 0. The van der Waals surface area contributed by atoms with E-state index in [1.165, 1.54) is 18.2 Å². The van der Waals surface area contributed by atoms with E-state index in [-0.39, 0.29) is 17.5 Å². The van der Waals surface area contributed by atoms with Gasteiger partial charge < -0.3 is 19.7 Å². The molecule has 0 bridgehead atoms. The molecule has 1 heterocycles. The molecule has 2 amide bonds. The van der Waals surface area contributed by atoms with E-state index in [1.807, 2.05) is 13.8 Å². The van der Waals surface area contributed by atoms with E-state index in [0.717, 1.165) is 0 Å². The maximum absolute atomic E-state index is 12.8. The molecule has 104 valence electrons. The molecular weight excluding hydrogens is 258 g/mol. The zero-order valence-electron chi connectivity index (χ0n) is 10.6. The molecule has 0 aromatic heterocycles. The lowest BCUT2D eigenvalue weighted by atomic mass is 10.3. The lowest BCUT2D eigenvalue weighted by Crippen LogP contribution is -2.34. The summed E-state index contributed by atoms with van der Waals surface area (Å²) < 4.78 is 34.2. The lowest BCUT2D eigenvalue weighted by Gasteiger charge is -2.19. The van der Waals surface area contributed by atoms with Gasteiger partial charge in [-0.15, -0.1) is 8.78 Å². The van der Waals surface area contributed by atoms with Crippen LogP contribution in [0.25, 0.3) is 0 Å². The van der Waals surface area contributed by atoms with Crippen molar-refractivity contribution in [2.75, 3.05) is 18.4 Å². The van der Waals surface area contributed by atoms with Gasteiger partial charge in [0.05, 0.1) is 0 Å². The van der Waals surface area contributed by atoms with Crippen LogP contribution >= 0.6 is 0 Å². The first-order valence-corrected chi connectivity index (χ1v) is 5.91. The first-order chi connectivity index (χ1) is 8.95. The topological polar surface area (TPSA) is 50.8 Å². The Morgan fingerprint density at radius 1 is 1.26 bits per heavy atom. The minimum atomic E-state index is -3.65. The summed E-state index contributed by atoms with van der Waals surface area (Å²) in [5.74, 6) is -0.145. The third kappa shape index (κ3) is 2.86. The fourth-order valence-electron chi connectivity index (χ4n) is 1.74. The van der Waals surface area contributed by atoms with Crippen LogP contribution in [0.2, 0.25) is 0 Å². The Morgan fingerprint density at radius 3 is 2.53 bits per heavy atom. The second-order valence-electron chi connectivity index (χ2n) is 3.93. The highest BCUT2D eigenvalue weighted by atomic mass is 19.3. The van der Waals surface area contributed by atoms with Crippen molar-refractivity contribution >= 4 is 11.7 Å². The van der Waals surface area contributed by atoms with Gasteiger partial charge in [0.25, 0.3) is 0 Å². The van der Waals surface area contributed by atoms with Gasteiger partial charge in [0.2, 0.25) is 0 Å². The molecule has 0 saturated carbocycles. The van der Waals surface area contributed by atoms with Crippen LogP contribution in [0.15, 0.2) is 18.2 Å². The number of anilines is 1. The number of fused-ring (bicyclic) bond motifs is 1. The van der Waals surface area contributed by atoms with Crippen molar-refractivity contribution in [3.05, 3.63) is 18.2 Å². The lowest BCUT2D eigenvalue weighted by molar-refractivity contribution is -0.286. The Hall–Kier alpha value is -2.05. The molecular formula is C12H14F2N2O3. The summed E-state index contributed by atoms with van der Waals surface area (Å²) >= 11 is 0. The third-order valence-corrected chi connectivity index (χ3v) is 2.70. The molecule has 0 saturated heterocycles. The first-order valence-electron chi connectivity index (χ1n) is 5.91. The molecule has 2 rings (SSSR count). The van der Waals surface area contributed by atoms with Gasteiger partial charge >= 0.3 is 12.3 Å². The van der Waals surface area contributed by atoms with Crippen LogP contribution in [0, 0.1) is 0 Å². The molecule has 5 nitrogen and oxygen atoms in total. The summed E-state index contributed by atoms with van der Waals surface area (Å²) in [6.45, 7) is 4.82. The summed E-state index contributed by atoms with van der Waals surface area (Å²) in [6.07, 6.45) is -3.65. The molecule has 1 aliphatic rings. The third-order valence-electron chi connectivity index (χ3n) is 2.70. The number of ether oxygens (including phenoxy) is 2. The fourth-order valence-corrected chi connectivity index (χ4v) is 1.74. The van der Waals surface area contributed by atoms with Crippen LogP contribution in [-0.2, 0) is 0 Å². The van der Waals surface area contributed by atoms with Crippen LogP contribution < -0.4 is 14.8 Å². The predicted molar refractivity (Wildman–Crippen MR) is 64.6 cm³/mol. The molecule has 7 heteroatoms. The minimum absolute atomic E-state index is 0.0501. The quantitative estimate of drug-likeness (QED) is 0.920. The van der Waals surface area contributed by atoms with Crippen molar-refractivity contribution in [1.82, 2.24) is 4.90 Å². The smallest absolute Gasteiger partial charge is 0.395 e. The normalized spacial score (nSPS) is 15.2. The number of hydrogen-bond acceptors (Lipinski definition) is 3. The zero-order valence-corrected chi connectivity index (χ0v) is 10.6. The maximum Gasteiger partial charge on any atom is 0.586 e. The monoisotopic (exact) mass is 272 g/mol. The minimum Gasteiger partial charge on any atom is -0.395 e. The van der Waals surface area contributed by atoms with Gasteiger partial charge in [-0.2, -0.15) is 0 Å². The van der Waals surface area contributed by atoms with Gasteiger partial charge in [-0.05, 0) is 26.0 Å². The highest BCUT2D eigenvalue weighted by Crippen LogP contribution is 2.42. The molecule has 1 N–H and O–H groups in total. The molecule has 1 aromatic rings. The van der Waals surface area contributed by atoms with Crippen LogP contribution in [0.5, 0.6) is 11.5 Å². The average molecular weight is 272 g/mol. The Bertz CT molecular complexity index is 490.